The second-order valence-corrected chi connectivity index (χ2v) is 5.01. The number of carbonyl (C=O) groups is 1. The molecule has 4 N–H and O–H groups in total. The summed E-state index contributed by atoms with van der Waals surface area (Å²) in [6.07, 6.45) is 0.473. The SMILES string of the molecule is Cc1cc(N)cc(NCCC(=O)NCC(C)C)c1. The normalized spacial score (nSPS) is 10.4. The molecule has 0 atom stereocenters. The molecule has 1 amide bonds. The number of aryl methyl sites for hydroxylation is 1. The standard InChI is InChI=1S/C14H23N3O/c1-10(2)9-17-14(18)4-5-16-13-7-11(3)6-12(15)8-13/h6-8,10,16H,4-5,9,15H2,1-3H3,(H,17,18). The zero-order valence-electron chi connectivity index (χ0n) is 11.4. The lowest BCUT2D eigenvalue weighted by Crippen LogP contribution is -2.28. The number of nitrogens with two attached hydrogens (primary N) is 1. The summed E-state index contributed by atoms with van der Waals surface area (Å²) in [4.78, 5) is 11.5. The van der Waals surface area contributed by atoms with Gasteiger partial charge in [0.05, 0.1) is 0 Å². The van der Waals surface area contributed by atoms with Gasteiger partial charge in [0.2, 0.25) is 5.91 Å². The van der Waals surface area contributed by atoms with E-state index in [0.29, 0.717) is 18.9 Å². The van der Waals surface area contributed by atoms with Crippen LogP contribution >= 0.6 is 0 Å². The molecule has 0 unspecified atom stereocenters. The van der Waals surface area contributed by atoms with Crippen LogP contribution in [0.1, 0.15) is 25.8 Å². The summed E-state index contributed by atoms with van der Waals surface area (Å²) in [6, 6.07) is 5.81. The van der Waals surface area contributed by atoms with E-state index in [4.69, 9.17) is 5.73 Å². The first-order valence-corrected chi connectivity index (χ1v) is 6.35. The fourth-order valence-electron chi connectivity index (χ4n) is 1.64. The topological polar surface area (TPSA) is 67.1 Å². The third kappa shape index (κ3) is 5.57. The van der Waals surface area contributed by atoms with Gasteiger partial charge in [0.25, 0.3) is 0 Å². The molecular formula is C14H23N3O. The zero-order chi connectivity index (χ0) is 13.5. The number of benzene rings is 1. The van der Waals surface area contributed by atoms with Crippen molar-refractivity contribution in [1.82, 2.24) is 5.32 Å². The zero-order valence-corrected chi connectivity index (χ0v) is 11.4. The molecule has 0 aliphatic heterocycles. The van der Waals surface area contributed by atoms with E-state index < -0.39 is 0 Å². The van der Waals surface area contributed by atoms with Gasteiger partial charge in [-0.05, 0) is 36.6 Å². The fourth-order valence-corrected chi connectivity index (χ4v) is 1.64. The van der Waals surface area contributed by atoms with Crippen molar-refractivity contribution in [3.05, 3.63) is 23.8 Å². The van der Waals surface area contributed by atoms with E-state index in [2.05, 4.69) is 24.5 Å². The predicted molar refractivity (Wildman–Crippen MR) is 76.5 cm³/mol. The van der Waals surface area contributed by atoms with Crippen molar-refractivity contribution in [2.24, 2.45) is 5.92 Å². The molecule has 4 heteroatoms. The first kappa shape index (κ1) is 14.4. The van der Waals surface area contributed by atoms with Crippen LogP contribution in [0.3, 0.4) is 0 Å². The van der Waals surface area contributed by atoms with Crippen LogP contribution in [0.5, 0.6) is 0 Å². The number of anilines is 2. The highest BCUT2D eigenvalue weighted by Gasteiger charge is 2.02. The third-order valence-electron chi connectivity index (χ3n) is 2.49. The summed E-state index contributed by atoms with van der Waals surface area (Å²) in [7, 11) is 0. The Kier molecular flexibility index (Phi) is 5.49. The van der Waals surface area contributed by atoms with E-state index in [1.807, 2.05) is 25.1 Å². The highest BCUT2D eigenvalue weighted by molar-refractivity contribution is 5.76. The van der Waals surface area contributed by atoms with Crippen molar-refractivity contribution in [3.8, 4) is 0 Å². The molecule has 0 aliphatic rings. The van der Waals surface area contributed by atoms with Crippen LogP contribution in [0.25, 0.3) is 0 Å². The predicted octanol–water partition coefficient (Wildman–Crippen LogP) is 2.15. The Bertz CT molecular complexity index is 382. The van der Waals surface area contributed by atoms with Crippen LogP contribution in [0.4, 0.5) is 11.4 Å². The van der Waals surface area contributed by atoms with Crippen LogP contribution in [0.2, 0.25) is 0 Å². The van der Waals surface area contributed by atoms with Gasteiger partial charge < -0.3 is 16.4 Å². The van der Waals surface area contributed by atoms with Crippen molar-refractivity contribution >= 4 is 17.3 Å². The molecular weight excluding hydrogens is 226 g/mol. The minimum absolute atomic E-state index is 0.0804. The molecule has 0 heterocycles. The molecule has 0 saturated heterocycles. The van der Waals surface area contributed by atoms with Crippen molar-refractivity contribution < 1.29 is 4.79 Å². The average molecular weight is 249 g/mol. The smallest absolute Gasteiger partial charge is 0.221 e. The first-order valence-electron chi connectivity index (χ1n) is 6.35. The van der Waals surface area contributed by atoms with E-state index in [1.54, 1.807) is 0 Å². The first-order chi connectivity index (χ1) is 8.47. The van der Waals surface area contributed by atoms with Crippen molar-refractivity contribution in [3.63, 3.8) is 0 Å². The number of hydrogen-bond acceptors (Lipinski definition) is 3. The molecule has 100 valence electrons. The lowest BCUT2D eigenvalue weighted by atomic mass is 10.2. The third-order valence-corrected chi connectivity index (χ3v) is 2.49. The summed E-state index contributed by atoms with van der Waals surface area (Å²) < 4.78 is 0. The van der Waals surface area contributed by atoms with Crippen molar-refractivity contribution in [2.45, 2.75) is 27.2 Å². The van der Waals surface area contributed by atoms with E-state index in [-0.39, 0.29) is 5.91 Å². The number of rotatable bonds is 6. The Hall–Kier alpha value is -1.71. The number of carbonyl (C=O) groups excluding carboxylic acids is 1. The Balaban J connectivity index is 2.30. The Morgan fingerprint density at radius 1 is 1.33 bits per heavy atom. The van der Waals surface area contributed by atoms with Gasteiger partial charge in [0, 0.05) is 30.9 Å². The summed E-state index contributed by atoms with van der Waals surface area (Å²) in [5, 5.41) is 6.09. The van der Waals surface area contributed by atoms with E-state index >= 15 is 0 Å². The maximum atomic E-state index is 11.5. The summed E-state index contributed by atoms with van der Waals surface area (Å²) in [5.74, 6) is 0.565. The molecule has 0 spiro atoms. The van der Waals surface area contributed by atoms with E-state index in [0.717, 1.165) is 23.5 Å². The highest BCUT2D eigenvalue weighted by atomic mass is 16.1. The monoisotopic (exact) mass is 249 g/mol. The quantitative estimate of drug-likeness (QED) is 0.677. The largest absolute Gasteiger partial charge is 0.399 e. The van der Waals surface area contributed by atoms with E-state index in [9.17, 15) is 4.79 Å². The van der Waals surface area contributed by atoms with Gasteiger partial charge >= 0.3 is 0 Å². The molecule has 0 fully saturated rings. The van der Waals surface area contributed by atoms with Gasteiger partial charge in [-0.25, -0.2) is 0 Å². The number of amides is 1. The van der Waals surface area contributed by atoms with E-state index in [1.165, 1.54) is 0 Å². The van der Waals surface area contributed by atoms with Gasteiger partial charge in [-0.1, -0.05) is 13.8 Å². The maximum Gasteiger partial charge on any atom is 0.221 e. The van der Waals surface area contributed by atoms with Gasteiger partial charge in [-0.3, -0.25) is 4.79 Å². The Morgan fingerprint density at radius 2 is 2.06 bits per heavy atom. The Morgan fingerprint density at radius 3 is 2.67 bits per heavy atom. The maximum absolute atomic E-state index is 11.5. The molecule has 0 aromatic heterocycles. The summed E-state index contributed by atoms with van der Waals surface area (Å²) in [5.41, 5.74) is 8.57. The van der Waals surface area contributed by atoms with Gasteiger partial charge in [0.15, 0.2) is 0 Å². The molecule has 4 nitrogen and oxygen atoms in total. The lowest BCUT2D eigenvalue weighted by Gasteiger charge is -2.10. The minimum Gasteiger partial charge on any atom is -0.399 e. The highest BCUT2D eigenvalue weighted by Crippen LogP contribution is 2.15. The number of nitrogen functional groups attached to an aromatic ring is 1. The summed E-state index contributed by atoms with van der Waals surface area (Å²) >= 11 is 0. The van der Waals surface area contributed by atoms with Crippen LogP contribution in [-0.2, 0) is 4.79 Å². The van der Waals surface area contributed by atoms with Crippen LogP contribution in [-0.4, -0.2) is 19.0 Å². The number of nitrogens with one attached hydrogen (secondary N) is 2. The van der Waals surface area contributed by atoms with Crippen LogP contribution in [0, 0.1) is 12.8 Å². The van der Waals surface area contributed by atoms with Crippen molar-refractivity contribution in [2.75, 3.05) is 24.1 Å². The average Bonchev–Trinajstić information content (AvgIpc) is 2.25. The minimum atomic E-state index is 0.0804. The Labute approximate surface area is 109 Å². The van der Waals surface area contributed by atoms with Crippen LogP contribution < -0.4 is 16.4 Å². The fraction of sp³-hybridized carbons (Fsp3) is 0.500. The van der Waals surface area contributed by atoms with Crippen molar-refractivity contribution in [1.29, 1.82) is 0 Å². The molecule has 0 radical (unpaired) electrons. The number of hydrogen-bond donors (Lipinski definition) is 3. The summed E-state index contributed by atoms with van der Waals surface area (Å²) in [6.45, 7) is 7.50. The second-order valence-electron chi connectivity index (χ2n) is 5.01. The molecule has 1 rings (SSSR count). The van der Waals surface area contributed by atoms with Gasteiger partial charge in [-0.2, -0.15) is 0 Å². The second kappa shape index (κ2) is 6.89. The molecule has 18 heavy (non-hydrogen) atoms. The van der Waals surface area contributed by atoms with Gasteiger partial charge in [0.1, 0.15) is 0 Å². The molecule has 0 aliphatic carbocycles. The lowest BCUT2D eigenvalue weighted by molar-refractivity contribution is -0.120. The molecule has 0 saturated carbocycles. The van der Waals surface area contributed by atoms with Crippen LogP contribution in [0.15, 0.2) is 18.2 Å². The molecule has 1 aromatic carbocycles. The molecule has 1 aromatic rings. The van der Waals surface area contributed by atoms with Gasteiger partial charge in [-0.15, -0.1) is 0 Å². The molecule has 0 bridgehead atoms.